The van der Waals surface area contributed by atoms with Crippen LogP contribution in [0.15, 0.2) is 370 Å². The van der Waals surface area contributed by atoms with Crippen LogP contribution in [0.5, 0.6) is 0 Å². The first-order valence-corrected chi connectivity index (χ1v) is 41.3. The van der Waals surface area contributed by atoms with E-state index in [0.717, 1.165) is 21.5 Å². The Morgan fingerprint density at radius 1 is 0.127 bits per heavy atom. The quantitative estimate of drug-likeness (QED) is 0.119. The fourth-order valence-corrected chi connectivity index (χ4v) is 23.3. The molecule has 118 heavy (non-hydrogen) atoms. The van der Waals surface area contributed by atoms with Crippen LogP contribution in [0.1, 0.15) is 7.43 Å². The second-order valence-electron chi connectivity index (χ2n) is 32.9. The van der Waals surface area contributed by atoms with Gasteiger partial charge in [0.1, 0.15) is 0 Å². The molecule has 0 aromatic heterocycles. The molecule has 3 aliphatic rings. The first kappa shape index (κ1) is 64.6. The van der Waals surface area contributed by atoms with Crippen LogP contribution >= 0.6 is 11.6 Å². The monoisotopic (exact) mass is 1500 g/mol. The average molecular weight is 1510 g/mol. The van der Waals surface area contributed by atoms with Crippen molar-refractivity contribution in [1.29, 1.82) is 0 Å². The van der Waals surface area contributed by atoms with E-state index in [-0.39, 0.29) is 7.43 Å². The summed E-state index contributed by atoms with van der Waals surface area (Å²) in [6.07, 6.45) is 0. The molecular formula is C117H65Cl. The molecule has 0 nitrogen and oxygen atoms in total. The highest BCUT2D eigenvalue weighted by Crippen LogP contribution is 2.63. The molecule has 0 amide bonds. The summed E-state index contributed by atoms with van der Waals surface area (Å²) in [6, 6.07) is 139. The van der Waals surface area contributed by atoms with E-state index in [1.165, 1.54) is 278 Å². The van der Waals surface area contributed by atoms with Gasteiger partial charge in [0.2, 0.25) is 0 Å². The van der Waals surface area contributed by atoms with Crippen LogP contribution in [0, 0.1) is 0 Å². The number of rotatable bonds is 5. The SMILES string of the molecule is C.Clc1cc2c(-c3ccccc3)c3c(c(-c4ccccc4)c2cc1-c1cccc2ccccc12)-c1ccc2c4ccc5c6c(ccc(c7ccc-3c1c72)c64)-c1ccccc1-5.c1ccc(-c2c3cc4c(cc3c(-c3ccccc3)c3c5ccc6c7ccc8c9c(ccc(c%10ccc(c23)c5c%106)c97)-c2ccccc2-8)c2cccc3cccc4c32)cc1. The molecule has 0 spiro atoms. The molecule has 0 radical (unpaired) electrons. The predicted octanol–water partition coefficient (Wildman–Crippen LogP) is 34.1. The van der Waals surface area contributed by atoms with Gasteiger partial charge in [-0.25, -0.2) is 0 Å². The molecule has 3 aliphatic carbocycles. The van der Waals surface area contributed by atoms with E-state index in [2.05, 4.69) is 370 Å². The summed E-state index contributed by atoms with van der Waals surface area (Å²) >= 11 is 7.53. The van der Waals surface area contributed by atoms with E-state index in [9.17, 15) is 0 Å². The van der Waals surface area contributed by atoms with Crippen molar-refractivity contribution >= 4 is 184 Å². The van der Waals surface area contributed by atoms with Crippen molar-refractivity contribution in [2.24, 2.45) is 0 Å². The van der Waals surface area contributed by atoms with E-state index >= 15 is 0 Å². The van der Waals surface area contributed by atoms with Gasteiger partial charge in [-0.05, 0) is 313 Å². The number of benzene rings is 24. The van der Waals surface area contributed by atoms with E-state index < -0.39 is 0 Å². The van der Waals surface area contributed by atoms with E-state index in [1.807, 2.05) is 0 Å². The van der Waals surface area contributed by atoms with Crippen molar-refractivity contribution in [3.63, 3.8) is 0 Å². The summed E-state index contributed by atoms with van der Waals surface area (Å²) in [7, 11) is 0. The summed E-state index contributed by atoms with van der Waals surface area (Å²) in [5, 5.41) is 43.1. The van der Waals surface area contributed by atoms with Crippen molar-refractivity contribution in [2.45, 2.75) is 7.43 Å². The Bertz CT molecular complexity index is 8630. The number of hydrogen-bond acceptors (Lipinski definition) is 0. The van der Waals surface area contributed by atoms with Crippen LogP contribution in [0.25, 0.3) is 295 Å². The van der Waals surface area contributed by atoms with Crippen LogP contribution < -0.4 is 0 Å². The fourth-order valence-electron chi connectivity index (χ4n) is 23.1. The highest BCUT2D eigenvalue weighted by molar-refractivity contribution is 6.49. The van der Waals surface area contributed by atoms with E-state index in [1.54, 1.807) is 0 Å². The Hall–Kier alpha value is -14.8. The topological polar surface area (TPSA) is 0 Å². The van der Waals surface area contributed by atoms with Crippen LogP contribution in [-0.2, 0) is 0 Å². The van der Waals surface area contributed by atoms with Gasteiger partial charge in [-0.1, -0.05) is 365 Å². The molecule has 0 N–H and O–H groups in total. The van der Waals surface area contributed by atoms with Crippen molar-refractivity contribution in [1.82, 2.24) is 0 Å². The maximum Gasteiger partial charge on any atom is 0.0491 e. The van der Waals surface area contributed by atoms with Crippen LogP contribution in [0.2, 0.25) is 5.02 Å². The molecule has 0 heterocycles. The minimum atomic E-state index is 0. The van der Waals surface area contributed by atoms with Gasteiger partial charge in [0.25, 0.3) is 0 Å². The number of halogens is 1. The zero-order valence-electron chi connectivity index (χ0n) is 63.1. The molecule has 0 unspecified atom stereocenters. The summed E-state index contributed by atoms with van der Waals surface area (Å²) in [4.78, 5) is 0. The first-order valence-electron chi connectivity index (χ1n) is 40.9. The smallest absolute Gasteiger partial charge is 0.0491 e. The highest BCUT2D eigenvalue weighted by atomic mass is 35.5. The lowest BCUT2D eigenvalue weighted by molar-refractivity contribution is 1.62. The standard InChI is InChI=1S/C58H31Cl.C58H30.CH4/c59-50-31-49-48(30-47(50)36-21-11-17-32-12-7-8-18-35(32)36)51(33-13-3-1-4-14-33)57-45-28-26-43-41-24-22-39-37-19-9-10-20-38(37)40-23-25-42(54(41)53(39)40)44-27-29-46(56(45)55(43)44)58(57)52(49)34-15-5-2-6-16-34;1-3-11-32(12-4-1)51-48-29-46-36-19-9-15-31-16-10-20-37(50(31)36)47(46)30-49(48)52(33-13-5-2-6-14-33)58-45-28-26-43-41-24-22-39-35-18-8-7-17-34(35)38-21-23-40(54(41)53(38)39)42-25-27-44(57(51)58)56(45)55(42)43;/h1-31H;1-30H;1H4. The molecule has 26 aromatic carbocycles. The Labute approximate surface area is 683 Å². The molecule has 0 bridgehead atoms. The predicted molar refractivity (Wildman–Crippen MR) is 510 cm³/mol. The van der Waals surface area contributed by atoms with E-state index in [0.29, 0.717) is 0 Å². The highest BCUT2D eigenvalue weighted by Gasteiger charge is 2.36. The second kappa shape index (κ2) is 23.5. The van der Waals surface area contributed by atoms with Crippen LogP contribution in [0.3, 0.4) is 0 Å². The minimum absolute atomic E-state index is 0. The first-order chi connectivity index (χ1) is 58.0. The molecule has 1 heteroatoms. The summed E-state index contributed by atoms with van der Waals surface area (Å²) in [5.41, 5.74) is 28.1. The van der Waals surface area contributed by atoms with Gasteiger partial charge in [-0.15, -0.1) is 0 Å². The molecule has 0 saturated heterocycles. The molecule has 26 aromatic rings. The Kier molecular flexibility index (Phi) is 12.8. The van der Waals surface area contributed by atoms with Gasteiger partial charge < -0.3 is 0 Å². The molecule has 0 fully saturated rings. The fraction of sp³-hybridized carbons (Fsp3) is 0.00855. The molecule has 0 aliphatic heterocycles. The number of fused-ring (bicyclic) bond motifs is 22. The van der Waals surface area contributed by atoms with Gasteiger partial charge in [0.15, 0.2) is 0 Å². The maximum absolute atomic E-state index is 7.53. The van der Waals surface area contributed by atoms with Gasteiger partial charge in [0.05, 0.1) is 0 Å². The summed E-state index contributed by atoms with van der Waals surface area (Å²) < 4.78 is 0. The van der Waals surface area contributed by atoms with Crippen molar-refractivity contribution < 1.29 is 0 Å². The second-order valence-corrected chi connectivity index (χ2v) is 33.3. The normalized spacial score (nSPS) is 12.6. The molecular weight excluding hydrogens is 1440 g/mol. The Morgan fingerprint density at radius 3 is 0.839 bits per heavy atom. The van der Waals surface area contributed by atoms with Crippen molar-refractivity contribution in [3.8, 4) is 122 Å². The van der Waals surface area contributed by atoms with Gasteiger partial charge >= 0.3 is 0 Å². The molecule has 0 atom stereocenters. The zero-order chi connectivity index (χ0) is 75.9. The molecule has 540 valence electrons. The third-order valence-corrected chi connectivity index (χ3v) is 27.9. The maximum atomic E-state index is 7.53. The lowest BCUT2D eigenvalue weighted by atomic mass is 9.81. The van der Waals surface area contributed by atoms with Gasteiger partial charge in [-0.3, -0.25) is 0 Å². The van der Waals surface area contributed by atoms with Gasteiger partial charge in [-0.2, -0.15) is 0 Å². The Balaban J connectivity index is 0.000000124. The minimum Gasteiger partial charge on any atom is -0.0836 e. The zero-order valence-corrected chi connectivity index (χ0v) is 63.9. The summed E-state index contributed by atoms with van der Waals surface area (Å²) in [6.45, 7) is 0. The third kappa shape index (κ3) is 8.19. The van der Waals surface area contributed by atoms with E-state index in [4.69, 9.17) is 11.6 Å². The largest absolute Gasteiger partial charge is 0.0836 e. The van der Waals surface area contributed by atoms with Crippen LogP contribution in [0.4, 0.5) is 0 Å². The van der Waals surface area contributed by atoms with Crippen LogP contribution in [-0.4, -0.2) is 0 Å². The van der Waals surface area contributed by atoms with Crippen molar-refractivity contribution in [2.75, 3.05) is 0 Å². The lowest BCUT2D eigenvalue weighted by Gasteiger charge is -2.22. The third-order valence-electron chi connectivity index (χ3n) is 27.6. The summed E-state index contributed by atoms with van der Waals surface area (Å²) in [5.74, 6) is 0. The Morgan fingerprint density at radius 2 is 0.407 bits per heavy atom. The number of hydrogen-bond donors (Lipinski definition) is 0. The molecule has 0 saturated carbocycles. The molecule has 29 rings (SSSR count). The van der Waals surface area contributed by atoms with Crippen molar-refractivity contribution in [3.05, 3.63) is 375 Å². The lowest BCUT2D eigenvalue weighted by Crippen LogP contribution is -1.95. The van der Waals surface area contributed by atoms with Gasteiger partial charge in [0, 0.05) is 10.6 Å². The average Bonchev–Trinajstić information content (AvgIpc) is 1.49.